The molecule has 4 rings (SSSR count). The van der Waals surface area contributed by atoms with Crippen molar-refractivity contribution in [3.63, 3.8) is 0 Å². The Balaban J connectivity index is 1.60. The molecule has 0 aromatic carbocycles. The molecule has 1 aliphatic heterocycles. The molecule has 0 spiro atoms. The van der Waals surface area contributed by atoms with Crippen LogP contribution in [0.1, 0.15) is 16.8 Å². The van der Waals surface area contributed by atoms with E-state index in [1.54, 1.807) is 12.1 Å². The van der Waals surface area contributed by atoms with Gasteiger partial charge in [0.05, 0.1) is 17.5 Å². The average molecular weight is 341 g/mol. The monoisotopic (exact) mass is 341 g/mol. The number of nitrogens with one attached hydrogen (secondary N) is 3. The lowest BCUT2D eigenvalue weighted by Gasteiger charge is -2.27. The summed E-state index contributed by atoms with van der Waals surface area (Å²) in [6, 6.07) is 3.47. The molecule has 0 saturated carbocycles. The van der Waals surface area contributed by atoms with Crippen molar-refractivity contribution in [1.82, 2.24) is 24.8 Å². The summed E-state index contributed by atoms with van der Waals surface area (Å²) in [6.07, 6.45) is 3.52. The lowest BCUT2D eigenvalue weighted by molar-refractivity contribution is 0.240. The van der Waals surface area contributed by atoms with Gasteiger partial charge >= 0.3 is 5.69 Å². The Morgan fingerprint density at radius 1 is 1.20 bits per heavy atom. The predicted octanol–water partition coefficient (Wildman–Crippen LogP) is -0.0352. The fourth-order valence-electron chi connectivity index (χ4n) is 2.94. The van der Waals surface area contributed by atoms with Gasteiger partial charge in [0.1, 0.15) is 0 Å². The molecule has 1 aliphatic rings. The van der Waals surface area contributed by atoms with E-state index in [0.717, 1.165) is 5.69 Å². The molecule has 0 amide bonds. The molecule has 0 saturated heterocycles. The van der Waals surface area contributed by atoms with Gasteiger partial charge in [0.2, 0.25) is 0 Å². The van der Waals surface area contributed by atoms with Crippen molar-refractivity contribution in [2.24, 2.45) is 0 Å². The quantitative estimate of drug-likeness (QED) is 0.613. The summed E-state index contributed by atoms with van der Waals surface area (Å²) in [5.74, 6) is 0.932. The van der Waals surface area contributed by atoms with E-state index in [4.69, 9.17) is 4.42 Å². The van der Waals surface area contributed by atoms with Gasteiger partial charge in [0.25, 0.3) is 11.1 Å². The Bertz CT molecular complexity index is 1080. The number of rotatable bonds is 3. The van der Waals surface area contributed by atoms with Gasteiger partial charge in [-0.25, -0.2) is 9.78 Å². The molecule has 0 atom stereocenters. The van der Waals surface area contributed by atoms with Gasteiger partial charge in [-0.05, 0) is 12.1 Å². The van der Waals surface area contributed by atoms with Crippen LogP contribution in [0.4, 0.5) is 0 Å². The smallest absolute Gasteiger partial charge is 0.325 e. The highest BCUT2D eigenvalue weighted by Gasteiger charge is 2.22. The maximum atomic E-state index is 12.4. The topological polar surface area (TPSA) is 128 Å². The first-order valence-electron chi connectivity index (χ1n) is 7.79. The van der Waals surface area contributed by atoms with E-state index in [9.17, 15) is 14.4 Å². The number of fused-ring (bicyclic) bond motifs is 1. The number of furan rings is 1. The standard InChI is InChI=1S/C16H15N5O4/c22-14-9(6-17-16(24)20-14)7-21-4-3-11-10(8-21)15(23)19-13(18-11)12-2-1-5-25-12/h1-2,5-6H,3-4,7-8H2,(H,18,19,23)(H2,17,20,22,24). The van der Waals surface area contributed by atoms with Crippen molar-refractivity contribution in [2.75, 3.05) is 6.54 Å². The second kappa shape index (κ2) is 6.02. The number of aromatic amines is 3. The van der Waals surface area contributed by atoms with Crippen LogP contribution >= 0.6 is 0 Å². The van der Waals surface area contributed by atoms with Crippen LogP contribution in [0.2, 0.25) is 0 Å². The van der Waals surface area contributed by atoms with Gasteiger partial charge in [0, 0.05) is 37.8 Å². The van der Waals surface area contributed by atoms with E-state index in [-0.39, 0.29) is 5.56 Å². The molecule has 9 heteroatoms. The molecular weight excluding hydrogens is 326 g/mol. The van der Waals surface area contributed by atoms with Gasteiger partial charge in [-0.2, -0.15) is 0 Å². The van der Waals surface area contributed by atoms with Crippen LogP contribution in [0.5, 0.6) is 0 Å². The minimum atomic E-state index is -0.538. The van der Waals surface area contributed by atoms with Crippen molar-refractivity contribution in [2.45, 2.75) is 19.5 Å². The summed E-state index contributed by atoms with van der Waals surface area (Å²) in [6.45, 7) is 1.37. The highest BCUT2D eigenvalue weighted by atomic mass is 16.3. The Kier molecular flexibility index (Phi) is 3.69. The normalized spacial score (nSPS) is 14.4. The number of H-pyrrole nitrogens is 3. The Labute approximate surface area is 140 Å². The van der Waals surface area contributed by atoms with Crippen molar-refractivity contribution >= 4 is 0 Å². The van der Waals surface area contributed by atoms with E-state index >= 15 is 0 Å². The van der Waals surface area contributed by atoms with Crippen LogP contribution in [0.25, 0.3) is 11.6 Å². The first-order chi connectivity index (χ1) is 12.1. The van der Waals surface area contributed by atoms with Crippen LogP contribution in [-0.4, -0.2) is 31.4 Å². The van der Waals surface area contributed by atoms with Crippen LogP contribution in [0.3, 0.4) is 0 Å². The fourth-order valence-corrected chi connectivity index (χ4v) is 2.94. The van der Waals surface area contributed by atoms with Crippen LogP contribution in [0, 0.1) is 0 Å². The van der Waals surface area contributed by atoms with Gasteiger partial charge in [-0.3, -0.25) is 19.5 Å². The van der Waals surface area contributed by atoms with E-state index in [1.807, 2.05) is 4.90 Å². The molecule has 0 radical (unpaired) electrons. The van der Waals surface area contributed by atoms with Gasteiger partial charge in [0.15, 0.2) is 11.6 Å². The van der Waals surface area contributed by atoms with Gasteiger partial charge < -0.3 is 14.4 Å². The van der Waals surface area contributed by atoms with Crippen LogP contribution in [-0.2, 0) is 19.5 Å². The summed E-state index contributed by atoms with van der Waals surface area (Å²) >= 11 is 0. The van der Waals surface area contributed by atoms with Gasteiger partial charge in [-0.1, -0.05) is 0 Å². The van der Waals surface area contributed by atoms with E-state index < -0.39 is 11.2 Å². The third kappa shape index (κ3) is 2.96. The summed E-state index contributed by atoms with van der Waals surface area (Å²) in [5.41, 5.74) is 0.596. The predicted molar refractivity (Wildman–Crippen MR) is 88.1 cm³/mol. The van der Waals surface area contributed by atoms with Gasteiger partial charge in [-0.15, -0.1) is 0 Å². The summed E-state index contributed by atoms with van der Waals surface area (Å²) < 4.78 is 5.28. The SMILES string of the molecule is O=c1[nH]cc(CN2CCc3nc(-c4ccco4)[nH]c(=O)c3C2)c(=O)[nH]1. The lowest BCUT2D eigenvalue weighted by atomic mass is 10.1. The molecule has 3 aromatic heterocycles. The summed E-state index contributed by atoms with van der Waals surface area (Å²) in [7, 11) is 0. The number of hydrogen-bond donors (Lipinski definition) is 3. The molecule has 128 valence electrons. The first-order valence-corrected chi connectivity index (χ1v) is 7.79. The number of aromatic nitrogens is 4. The Morgan fingerprint density at radius 2 is 2.08 bits per heavy atom. The average Bonchev–Trinajstić information content (AvgIpc) is 3.12. The second-order valence-electron chi connectivity index (χ2n) is 5.87. The second-order valence-corrected chi connectivity index (χ2v) is 5.87. The van der Waals surface area contributed by atoms with Crippen LogP contribution < -0.4 is 16.8 Å². The largest absolute Gasteiger partial charge is 0.461 e. The van der Waals surface area contributed by atoms with E-state index in [2.05, 4.69) is 19.9 Å². The van der Waals surface area contributed by atoms with Crippen molar-refractivity contribution in [3.05, 3.63) is 72.6 Å². The maximum Gasteiger partial charge on any atom is 0.325 e. The zero-order valence-electron chi connectivity index (χ0n) is 13.2. The van der Waals surface area contributed by atoms with Crippen molar-refractivity contribution in [3.8, 4) is 11.6 Å². The molecule has 9 nitrogen and oxygen atoms in total. The molecular formula is C16H15N5O4. The molecule has 3 N–H and O–H groups in total. The molecule has 25 heavy (non-hydrogen) atoms. The lowest BCUT2D eigenvalue weighted by Crippen LogP contribution is -2.37. The first kappa shape index (κ1) is 15.3. The minimum Gasteiger partial charge on any atom is -0.461 e. The van der Waals surface area contributed by atoms with Crippen molar-refractivity contribution in [1.29, 1.82) is 0 Å². The Morgan fingerprint density at radius 3 is 2.84 bits per heavy atom. The minimum absolute atomic E-state index is 0.212. The Hall–Kier alpha value is -3.20. The molecule has 0 unspecified atom stereocenters. The zero-order chi connectivity index (χ0) is 17.4. The molecule has 3 aromatic rings. The molecule has 0 fully saturated rings. The zero-order valence-corrected chi connectivity index (χ0v) is 13.2. The fraction of sp³-hybridized carbons (Fsp3) is 0.250. The highest BCUT2D eigenvalue weighted by Crippen LogP contribution is 2.19. The third-order valence-electron chi connectivity index (χ3n) is 4.19. The van der Waals surface area contributed by atoms with Crippen LogP contribution in [0.15, 0.2) is 43.4 Å². The highest BCUT2D eigenvalue weighted by molar-refractivity contribution is 5.46. The number of nitrogens with zero attached hydrogens (tertiary/aromatic N) is 2. The van der Waals surface area contributed by atoms with Crippen molar-refractivity contribution < 1.29 is 4.42 Å². The molecule has 0 aliphatic carbocycles. The molecule has 4 heterocycles. The molecule has 0 bridgehead atoms. The number of hydrogen-bond acceptors (Lipinski definition) is 6. The summed E-state index contributed by atoms with van der Waals surface area (Å²) in [5, 5.41) is 0. The maximum absolute atomic E-state index is 12.4. The summed E-state index contributed by atoms with van der Waals surface area (Å²) in [4.78, 5) is 49.2. The third-order valence-corrected chi connectivity index (χ3v) is 4.19. The van der Waals surface area contributed by atoms with E-state index in [0.29, 0.717) is 48.8 Å². The van der Waals surface area contributed by atoms with E-state index in [1.165, 1.54) is 12.5 Å².